The molecule has 0 saturated heterocycles. The first-order chi connectivity index (χ1) is 8.63. The monoisotopic (exact) mass is 243 g/mol. The number of rotatable bonds is 2. The van der Waals surface area contributed by atoms with Gasteiger partial charge in [-0.05, 0) is 18.6 Å². The molecule has 0 fully saturated rings. The van der Waals surface area contributed by atoms with Crippen molar-refractivity contribution in [3.05, 3.63) is 35.5 Å². The van der Waals surface area contributed by atoms with E-state index in [2.05, 4.69) is 0 Å². The number of aromatic carboxylic acids is 1. The molecular formula is C14H13NO3. The maximum absolute atomic E-state index is 12.1. The number of carboxylic acid groups (broad SMARTS) is 1. The standard InChI is InChI=1S/C14H13NO3/c1-2-9-7-12(16)10-5-3-4-8-6-11(14(17)18)15(9)13(8)10/h3-6,9H,2,7H2,1H3,(H,17,18). The van der Waals surface area contributed by atoms with Crippen LogP contribution in [0, 0.1) is 0 Å². The number of carboxylic acids is 1. The zero-order valence-electron chi connectivity index (χ0n) is 10.0. The summed E-state index contributed by atoms with van der Waals surface area (Å²) in [5, 5.41) is 10.1. The number of carbonyl (C=O) groups excluding carboxylic acids is 1. The van der Waals surface area contributed by atoms with Gasteiger partial charge >= 0.3 is 5.97 Å². The molecule has 4 heteroatoms. The number of nitrogens with zero attached hydrogens (tertiary/aromatic N) is 1. The van der Waals surface area contributed by atoms with E-state index in [1.807, 2.05) is 17.6 Å². The van der Waals surface area contributed by atoms with Crippen molar-refractivity contribution in [2.45, 2.75) is 25.8 Å². The van der Waals surface area contributed by atoms with Crippen molar-refractivity contribution in [1.29, 1.82) is 0 Å². The summed E-state index contributed by atoms with van der Waals surface area (Å²) in [6.45, 7) is 1.98. The van der Waals surface area contributed by atoms with Gasteiger partial charge in [0.05, 0.1) is 5.52 Å². The smallest absolute Gasteiger partial charge is 0.352 e. The van der Waals surface area contributed by atoms with E-state index in [-0.39, 0.29) is 17.5 Å². The molecule has 1 N–H and O–H groups in total. The lowest BCUT2D eigenvalue weighted by Gasteiger charge is -2.25. The molecule has 1 atom stereocenters. The average molecular weight is 243 g/mol. The highest BCUT2D eigenvalue weighted by Crippen LogP contribution is 2.35. The molecule has 18 heavy (non-hydrogen) atoms. The van der Waals surface area contributed by atoms with Gasteiger partial charge in [0.2, 0.25) is 0 Å². The van der Waals surface area contributed by atoms with Crippen LogP contribution >= 0.6 is 0 Å². The van der Waals surface area contributed by atoms with Crippen molar-refractivity contribution in [3.8, 4) is 0 Å². The number of para-hydroxylation sites is 1. The van der Waals surface area contributed by atoms with Gasteiger partial charge in [-0.25, -0.2) is 4.79 Å². The van der Waals surface area contributed by atoms with E-state index in [0.29, 0.717) is 12.0 Å². The fraction of sp³-hybridized carbons (Fsp3) is 0.286. The summed E-state index contributed by atoms with van der Waals surface area (Å²) in [7, 11) is 0. The van der Waals surface area contributed by atoms with E-state index in [1.54, 1.807) is 18.2 Å². The Kier molecular flexibility index (Phi) is 2.26. The molecule has 1 unspecified atom stereocenters. The molecule has 0 amide bonds. The fourth-order valence-electron chi connectivity index (χ4n) is 2.80. The Hall–Kier alpha value is -2.10. The van der Waals surface area contributed by atoms with Crippen LogP contribution < -0.4 is 0 Å². The van der Waals surface area contributed by atoms with Gasteiger partial charge in [-0.1, -0.05) is 19.1 Å². The summed E-state index contributed by atoms with van der Waals surface area (Å²) >= 11 is 0. The molecule has 2 heterocycles. The minimum absolute atomic E-state index is 0.0454. The predicted octanol–water partition coefficient (Wildman–Crippen LogP) is 2.88. The van der Waals surface area contributed by atoms with Gasteiger partial charge in [0, 0.05) is 23.4 Å². The number of benzene rings is 1. The molecule has 1 aromatic carbocycles. The number of hydrogen-bond donors (Lipinski definition) is 1. The van der Waals surface area contributed by atoms with Crippen molar-refractivity contribution in [3.63, 3.8) is 0 Å². The molecule has 0 spiro atoms. The second-order valence-electron chi connectivity index (χ2n) is 4.64. The number of aromatic nitrogens is 1. The van der Waals surface area contributed by atoms with Crippen molar-refractivity contribution in [2.24, 2.45) is 0 Å². The molecule has 92 valence electrons. The maximum Gasteiger partial charge on any atom is 0.352 e. The van der Waals surface area contributed by atoms with Crippen LogP contribution in [-0.4, -0.2) is 21.4 Å². The maximum atomic E-state index is 12.1. The number of Topliss-reactive ketones (excluding diaryl/α,β-unsaturated/α-hetero) is 1. The molecule has 2 aromatic rings. The molecule has 0 bridgehead atoms. The Balaban J connectivity index is 2.44. The first-order valence-corrected chi connectivity index (χ1v) is 6.04. The number of ketones is 1. The molecule has 1 aromatic heterocycles. The quantitative estimate of drug-likeness (QED) is 0.882. The number of hydrogen-bond acceptors (Lipinski definition) is 2. The zero-order chi connectivity index (χ0) is 12.9. The van der Waals surface area contributed by atoms with Crippen LogP contribution in [0.2, 0.25) is 0 Å². The third kappa shape index (κ3) is 1.32. The lowest BCUT2D eigenvalue weighted by atomic mass is 9.96. The second-order valence-corrected chi connectivity index (χ2v) is 4.64. The fourth-order valence-corrected chi connectivity index (χ4v) is 2.80. The van der Waals surface area contributed by atoms with E-state index in [4.69, 9.17) is 0 Å². The number of carbonyl (C=O) groups is 2. The van der Waals surface area contributed by atoms with Gasteiger partial charge in [-0.15, -0.1) is 0 Å². The first kappa shape index (κ1) is 11.0. The first-order valence-electron chi connectivity index (χ1n) is 6.04. The van der Waals surface area contributed by atoms with Crippen molar-refractivity contribution >= 4 is 22.7 Å². The van der Waals surface area contributed by atoms with Crippen LogP contribution in [0.5, 0.6) is 0 Å². The van der Waals surface area contributed by atoms with Crippen LogP contribution in [-0.2, 0) is 0 Å². The highest BCUT2D eigenvalue weighted by molar-refractivity contribution is 6.10. The molecule has 1 aliphatic rings. The van der Waals surface area contributed by atoms with E-state index in [0.717, 1.165) is 17.3 Å². The van der Waals surface area contributed by atoms with Gasteiger partial charge in [0.25, 0.3) is 0 Å². The van der Waals surface area contributed by atoms with Gasteiger partial charge < -0.3 is 9.67 Å². The van der Waals surface area contributed by atoms with Crippen molar-refractivity contribution < 1.29 is 14.7 Å². The Bertz CT molecular complexity index is 669. The molecule has 0 aliphatic carbocycles. The van der Waals surface area contributed by atoms with Crippen LogP contribution in [0.4, 0.5) is 0 Å². The SMILES string of the molecule is CCC1CC(=O)c2cccc3cc(C(=O)O)n1c23. The Morgan fingerprint density at radius 1 is 1.50 bits per heavy atom. The topological polar surface area (TPSA) is 59.3 Å². The molecule has 0 saturated carbocycles. The summed E-state index contributed by atoms with van der Waals surface area (Å²) in [6, 6.07) is 7.04. The van der Waals surface area contributed by atoms with Crippen molar-refractivity contribution in [1.82, 2.24) is 4.57 Å². The molecule has 1 aliphatic heterocycles. The second kappa shape index (κ2) is 3.70. The van der Waals surface area contributed by atoms with Crippen LogP contribution in [0.25, 0.3) is 10.9 Å². The third-order valence-electron chi connectivity index (χ3n) is 3.64. The van der Waals surface area contributed by atoms with E-state index in [1.165, 1.54) is 0 Å². The predicted molar refractivity (Wildman–Crippen MR) is 67.2 cm³/mol. The van der Waals surface area contributed by atoms with E-state index < -0.39 is 5.97 Å². The van der Waals surface area contributed by atoms with Crippen molar-refractivity contribution in [2.75, 3.05) is 0 Å². The Morgan fingerprint density at radius 3 is 2.94 bits per heavy atom. The lowest BCUT2D eigenvalue weighted by molar-refractivity contribution is 0.0679. The minimum atomic E-state index is -0.940. The summed E-state index contributed by atoms with van der Waals surface area (Å²) in [6.07, 6.45) is 1.14. The van der Waals surface area contributed by atoms with Gasteiger partial charge in [-0.3, -0.25) is 4.79 Å². The molecule has 0 radical (unpaired) electrons. The van der Waals surface area contributed by atoms with Crippen LogP contribution in [0.15, 0.2) is 24.3 Å². The minimum Gasteiger partial charge on any atom is -0.477 e. The average Bonchev–Trinajstić information content (AvgIpc) is 2.74. The molecule has 3 rings (SSSR count). The van der Waals surface area contributed by atoms with E-state index in [9.17, 15) is 14.7 Å². The van der Waals surface area contributed by atoms with Crippen LogP contribution in [0.1, 0.15) is 46.7 Å². The highest BCUT2D eigenvalue weighted by Gasteiger charge is 2.29. The zero-order valence-corrected chi connectivity index (χ0v) is 10.0. The summed E-state index contributed by atoms with van der Waals surface area (Å²) in [5.41, 5.74) is 1.69. The van der Waals surface area contributed by atoms with E-state index >= 15 is 0 Å². The third-order valence-corrected chi connectivity index (χ3v) is 3.64. The summed E-state index contributed by atoms with van der Waals surface area (Å²) in [5.74, 6) is -0.833. The van der Waals surface area contributed by atoms with Gasteiger partial charge in [-0.2, -0.15) is 0 Å². The normalized spacial score (nSPS) is 18.3. The summed E-state index contributed by atoms with van der Waals surface area (Å²) < 4.78 is 1.81. The largest absolute Gasteiger partial charge is 0.477 e. The molecular weight excluding hydrogens is 230 g/mol. The molecule has 4 nitrogen and oxygen atoms in total. The Morgan fingerprint density at radius 2 is 2.28 bits per heavy atom. The Labute approximate surface area is 104 Å². The van der Waals surface area contributed by atoms with Gasteiger partial charge in [0.1, 0.15) is 5.69 Å². The highest BCUT2D eigenvalue weighted by atomic mass is 16.4. The van der Waals surface area contributed by atoms with Crippen LogP contribution in [0.3, 0.4) is 0 Å². The lowest BCUT2D eigenvalue weighted by Crippen LogP contribution is -2.23. The summed E-state index contributed by atoms with van der Waals surface area (Å²) in [4.78, 5) is 23.4. The van der Waals surface area contributed by atoms with Gasteiger partial charge in [0.15, 0.2) is 5.78 Å².